The second-order valence-corrected chi connectivity index (χ2v) is 4.09. The highest BCUT2D eigenvalue weighted by Crippen LogP contribution is 2.14. The van der Waals surface area contributed by atoms with Gasteiger partial charge in [0, 0.05) is 19.4 Å². The molecule has 0 aliphatic carbocycles. The van der Waals surface area contributed by atoms with E-state index in [1.807, 2.05) is 0 Å². The van der Waals surface area contributed by atoms with E-state index in [-0.39, 0.29) is 31.3 Å². The van der Waals surface area contributed by atoms with E-state index in [0.29, 0.717) is 6.61 Å². The molecule has 9 nitrogen and oxygen atoms in total. The topological polar surface area (TPSA) is 108 Å². The van der Waals surface area contributed by atoms with Crippen molar-refractivity contribution in [1.29, 1.82) is 0 Å². The Labute approximate surface area is 119 Å². The van der Waals surface area contributed by atoms with Crippen molar-refractivity contribution >= 4 is 11.9 Å². The molecule has 2 N–H and O–H groups in total. The van der Waals surface area contributed by atoms with Crippen molar-refractivity contribution in [2.45, 2.75) is 0 Å². The van der Waals surface area contributed by atoms with Gasteiger partial charge in [-0.2, -0.15) is 0 Å². The molecule has 0 radical (unpaired) electrons. The number of amides is 1. The van der Waals surface area contributed by atoms with E-state index >= 15 is 0 Å². The summed E-state index contributed by atoms with van der Waals surface area (Å²) in [5.74, 6) is -1.60. The summed E-state index contributed by atoms with van der Waals surface area (Å²) in [4.78, 5) is 35.2. The summed E-state index contributed by atoms with van der Waals surface area (Å²) in [7, 11) is 1.50. The van der Waals surface area contributed by atoms with Gasteiger partial charge in [-0.1, -0.05) is 0 Å². The Morgan fingerprint density at radius 3 is 2.95 bits per heavy atom. The predicted molar refractivity (Wildman–Crippen MR) is 70.7 cm³/mol. The largest absolute Gasteiger partial charge is 0.418 e. The normalized spacial score (nSPS) is 13.1. The standard InChI is InChI=1S/C12H15N3O6/c1-19-4-5-20-6-9(17)21-11-8(16)2-3-15-10(11)12(18)13-7-14-15/h2-3,14H,4-7H2,1H3,(H,13,18). The van der Waals surface area contributed by atoms with Crippen LogP contribution in [-0.2, 0) is 14.3 Å². The van der Waals surface area contributed by atoms with Crippen LogP contribution >= 0.6 is 0 Å². The summed E-state index contributed by atoms with van der Waals surface area (Å²) in [6.45, 7) is 0.428. The average molecular weight is 297 g/mol. The Kier molecular flexibility index (Phi) is 4.90. The monoisotopic (exact) mass is 297 g/mol. The van der Waals surface area contributed by atoms with Crippen LogP contribution in [0.5, 0.6) is 5.75 Å². The molecular formula is C12H15N3O6. The Bertz CT molecular complexity index is 597. The number of ether oxygens (including phenoxy) is 3. The first-order chi connectivity index (χ1) is 10.1. The van der Waals surface area contributed by atoms with Crippen LogP contribution in [0.15, 0.2) is 17.1 Å². The van der Waals surface area contributed by atoms with Crippen LogP contribution in [0.3, 0.4) is 0 Å². The molecule has 0 aromatic carbocycles. The van der Waals surface area contributed by atoms with Gasteiger partial charge in [-0.3, -0.25) is 14.3 Å². The molecule has 1 amide bonds. The van der Waals surface area contributed by atoms with E-state index in [0.717, 1.165) is 0 Å². The Morgan fingerprint density at radius 1 is 1.38 bits per heavy atom. The number of nitrogens with one attached hydrogen (secondary N) is 2. The maximum Gasteiger partial charge on any atom is 0.337 e. The lowest BCUT2D eigenvalue weighted by atomic mass is 10.3. The van der Waals surface area contributed by atoms with Crippen molar-refractivity contribution in [3.8, 4) is 5.75 Å². The smallest absolute Gasteiger partial charge is 0.337 e. The number of pyridine rings is 1. The molecule has 0 fully saturated rings. The van der Waals surface area contributed by atoms with Crippen molar-refractivity contribution in [3.63, 3.8) is 0 Å². The number of fused-ring (bicyclic) bond motifs is 1. The molecule has 1 aromatic heterocycles. The number of esters is 1. The van der Waals surface area contributed by atoms with Crippen LogP contribution in [0, 0.1) is 0 Å². The lowest BCUT2D eigenvalue weighted by Crippen LogP contribution is -2.43. The highest BCUT2D eigenvalue weighted by atomic mass is 16.6. The third-order valence-corrected chi connectivity index (χ3v) is 2.64. The summed E-state index contributed by atoms with van der Waals surface area (Å²) >= 11 is 0. The number of aromatic nitrogens is 1. The van der Waals surface area contributed by atoms with Gasteiger partial charge in [0.1, 0.15) is 13.3 Å². The maximum atomic E-state index is 11.8. The summed E-state index contributed by atoms with van der Waals surface area (Å²) in [6, 6.07) is 1.20. The van der Waals surface area contributed by atoms with Crippen molar-refractivity contribution in [1.82, 2.24) is 9.99 Å². The van der Waals surface area contributed by atoms with Gasteiger partial charge in [0.25, 0.3) is 5.91 Å². The molecule has 0 bridgehead atoms. The Balaban J connectivity index is 2.11. The van der Waals surface area contributed by atoms with E-state index in [1.54, 1.807) is 0 Å². The first-order valence-electron chi connectivity index (χ1n) is 6.18. The molecule has 1 aromatic rings. The lowest BCUT2D eigenvalue weighted by molar-refractivity contribution is -0.140. The molecule has 1 aliphatic heterocycles. The molecule has 2 rings (SSSR count). The van der Waals surface area contributed by atoms with Gasteiger partial charge in [-0.05, 0) is 0 Å². The summed E-state index contributed by atoms with van der Waals surface area (Å²) in [5.41, 5.74) is 2.18. The van der Waals surface area contributed by atoms with Gasteiger partial charge in [0.2, 0.25) is 11.2 Å². The maximum absolute atomic E-state index is 11.8. The zero-order valence-electron chi connectivity index (χ0n) is 11.4. The highest BCUT2D eigenvalue weighted by Gasteiger charge is 2.24. The van der Waals surface area contributed by atoms with E-state index in [2.05, 4.69) is 10.7 Å². The van der Waals surface area contributed by atoms with Gasteiger partial charge in [-0.25, -0.2) is 4.79 Å². The second kappa shape index (κ2) is 6.86. The third-order valence-electron chi connectivity index (χ3n) is 2.64. The Morgan fingerprint density at radius 2 is 2.19 bits per heavy atom. The van der Waals surface area contributed by atoms with E-state index in [4.69, 9.17) is 14.2 Å². The SMILES string of the molecule is COCCOCC(=O)Oc1c2n(ccc1=O)NCNC2=O. The van der Waals surface area contributed by atoms with Crippen LogP contribution in [0.1, 0.15) is 10.5 Å². The molecule has 0 saturated heterocycles. The first-order valence-corrected chi connectivity index (χ1v) is 6.18. The molecule has 0 spiro atoms. The fourth-order valence-electron chi connectivity index (χ4n) is 1.69. The van der Waals surface area contributed by atoms with Crippen molar-refractivity contribution < 1.29 is 23.8 Å². The molecule has 2 heterocycles. The fourth-order valence-corrected chi connectivity index (χ4v) is 1.69. The van der Waals surface area contributed by atoms with Gasteiger partial charge in [0.05, 0.1) is 13.2 Å². The number of hydrogen-bond acceptors (Lipinski definition) is 7. The number of hydrogen-bond donors (Lipinski definition) is 2. The predicted octanol–water partition coefficient (Wildman–Crippen LogP) is -1.34. The number of methoxy groups -OCH3 is 1. The van der Waals surface area contributed by atoms with Crippen LogP contribution in [0.2, 0.25) is 0 Å². The minimum Gasteiger partial charge on any atom is -0.418 e. The van der Waals surface area contributed by atoms with Crippen molar-refractivity contribution in [3.05, 3.63) is 28.2 Å². The van der Waals surface area contributed by atoms with Crippen LogP contribution in [0.4, 0.5) is 0 Å². The minimum absolute atomic E-state index is 0.0565. The fraction of sp³-hybridized carbons (Fsp3) is 0.417. The van der Waals surface area contributed by atoms with Gasteiger partial charge < -0.3 is 25.0 Å². The van der Waals surface area contributed by atoms with Crippen molar-refractivity contribution in [2.24, 2.45) is 0 Å². The zero-order valence-corrected chi connectivity index (χ0v) is 11.4. The average Bonchev–Trinajstić information content (AvgIpc) is 2.47. The van der Waals surface area contributed by atoms with E-state index in [1.165, 1.54) is 24.0 Å². The summed E-state index contributed by atoms with van der Waals surface area (Å²) in [6.07, 6.45) is 1.39. The number of nitrogens with zero attached hydrogens (tertiary/aromatic N) is 1. The zero-order chi connectivity index (χ0) is 15.2. The third kappa shape index (κ3) is 3.58. The highest BCUT2D eigenvalue weighted by molar-refractivity contribution is 5.96. The molecule has 114 valence electrons. The van der Waals surface area contributed by atoms with Gasteiger partial charge >= 0.3 is 5.97 Å². The molecule has 0 unspecified atom stereocenters. The van der Waals surface area contributed by atoms with Crippen LogP contribution < -0.4 is 20.9 Å². The van der Waals surface area contributed by atoms with E-state index < -0.39 is 17.3 Å². The molecule has 1 aliphatic rings. The van der Waals surface area contributed by atoms with Gasteiger partial charge in [0.15, 0.2) is 5.69 Å². The van der Waals surface area contributed by atoms with Crippen LogP contribution in [-0.4, -0.2) is 50.2 Å². The number of carbonyl (C=O) groups is 2. The quantitative estimate of drug-likeness (QED) is 0.494. The number of carbonyl (C=O) groups excluding carboxylic acids is 2. The summed E-state index contributed by atoms with van der Waals surface area (Å²) < 4.78 is 16.0. The van der Waals surface area contributed by atoms with Crippen molar-refractivity contribution in [2.75, 3.05) is 39.0 Å². The van der Waals surface area contributed by atoms with Gasteiger partial charge in [-0.15, -0.1) is 0 Å². The molecule has 0 atom stereocenters. The minimum atomic E-state index is -0.768. The second-order valence-electron chi connectivity index (χ2n) is 4.09. The molecule has 21 heavy (non-hydrogen) atoms. The lowest BCUT2D eigenvalue weighted by Gasteiger charge is -2.22. The first kappa shape index (κ1) is 15.0. The molecular weight excluding hydrogens is 282 g/mol. The number of rotatable bonds is 6. The molecule has 9 heteroatoms. The Hall–Kier alpha value is -2.39. The molecule has 0 saturated carbocycles. The van der Waals surface area contributed by atoms with E-state index in [9.17, 15) is 14.4 Å². The summed E-state index contributed by atoms with van der Waals surface area (Å²) in [5, 5.41) is 2.49. The van der Waals surface area contributed by atoms with Crippen LogP contribution in [0.25, 0.3) is 0 Å².